The smallest absolute Gasteiger partial charge is 0.183 e. The summed E-state index contributed by atoms with van der Waals surface area (Å²) in [4.78, 5) is 6.04. The molecule has 0 N–H and O–H groups in total. The summed E-state index contributed by atoms with van der Waals surface area (Å²) >= 11 is 7.80. The Bertz CT molecular complexity index is 532. The molecule has 0 bridgehead atoms. The lowest BCUT2D eigenvalue weighted by molar-refractivity contribution is -0.106. The van der Waals surface area contributed by atoms with Crippen molar-refractivity contribution in [2.24, 2.45) is 0 Å². The van der Waals surface area contributed by atoms with Gasteiger partial charge in [-0.15, -0.1) is 0 Å². The van der Waals surface area contributed by atoms with E-state index in [-0.39, 0.29) is 6.29 Å². The van der Waals surface area contributed by atoms with E-state index in [4.69, 9.17) is 21.1 Å². The molecule has 2 aromatic rings. The van der Waals surface area contributed by atoms with Crippen LogP contribution in [0.1, 0.15) is 11.9 Å². The molecule has 0 fully saturated rings. The summed E-state index contributed by atoms with van der Waals surface area (Å²) in [7, 11) is 3.22. The SMILES string of the molecule is COC(OC)c1ccc(Cl)c(Sc2ccncc2)c1. The van der Waals surface area contributed by atoms with Crippen molar-refractivity contribution in [1.29, 1.82) is 0 Å². The van der Waals surface area contributed by atoms with Crippen LogP contribution in [0.5, 0.6) is 0 Å². The first-order chi connectivity index (χ1) is 9.24. The Labute approximate surface area is 121 Å². The molecule has 0 aliphatic carbocycles. The van der Waals surface area contributed by atoms with Gasteiger partial charge in [-0.1, -0.05) is 29.4 Å². The van der Waals surface area contributed by atoms with Crippen molar-refractivity contribution < 1.29 is 9.47 Å². The molecule has 1 heterocycles. The molecule has 0 amide bonds. The van der Waals surface area contributed by atoms with E-state index in [1.54, 1.807) is 38.4 Å². The molecule has 5 heteroatoms. The van der Waals surface area contributed by atoms with Crippen LogP contribution >= 0.6 is 23.4 Å². The van der Waals surface area contributed by atoms with Gasteiger partial charge in [0.1, 0.15) is 0 Å². The number of aromatic nitrogens is 1. The number of nitrogens with zero attached hydrogens (tertiary/aromatic N) is 1. The fourth-order valence-electron chi connectivity index (χ4n) is 1.65. The topological polar surface area (TPSA) is 31.4 Å². The summed E-state index contributed by atoms with van der Waals surface area (Å²) in [6.45, 7) is 0. The third-order valence-corrected chi connectivity index (χ3v) is 4.04. The molecule has 0 radical (unpaired) electrons. The van der Waals surface area contributed by atoms with E-state index < -0.39 is 0 Å². The molecule has 1 aromatic heterocycles. The van der Waals surface area contributed by atoms with Crippen molar-refractivity contribution >= 4 is 23.4 Å². The van der Waals surface area contributed by atoms with E-state index >= 15 is 0 Å². The predicted molar refractivity (Wildman–Crippen MR) is 76.6 cm³/mol. The summed E-state index contributed by atoms with van der Waals surface area (Å²) in [6, 6.07) is 9.61. The van der Waals surface area contributed by atoms with Gasteiger partial charge in [0.15, 0.2) is 6.29 Å². The first kappa shape index (κ1) is 14.3. The Balaban J connectivity index is 2.27. The highest BCUT2D eigenvalue weighted by Crippen LogP contribution is 2.35. The zero-order valence-corrected chi connectivity index (χ0v) is 12.2. The maximum absolute atomic E-state index is 6.22. The van der Waals surface area contributed by atoms with Crippen LogP contribution in [0, 0.1) is 0 Å². The van der Waals surface area contributed by atoms with Gasteiger partial charge in [-0.05, 0) is 24.3 Å². The summed E-state index contributed by atoms with van der Waals surface area (Å²) in [5.41, 5.74) is 0.936. The average Bonchev–Trinajstić information content (AvgIpc) is 2.45. The average molecular weight is 296 g/mol. The third kappa shape index (κ3) is 3.70. The highest BCUT2D eigenvalue weighted by molar-refractivity contribution is 7.99. The van der Waals surface area contributed by atoms with Gasteiger partial charge in [0.05, 0.1) is 5.02 Å². The van der Waals surface area contributed by atoms with Gasteiger partial charge < -0.3 is 9.47 Å². The zero-order valence-electron chi connectivity index (χ0n) is 10.7. The number of benzene rings is 1. The van der Waals surface area contributed by atoms with Gasteiger partial charge in [-0.2, -0.15) is 0 Å². The van der Waals surface area contributed by atoms with Crippen molar-refractivity contribution in [2.75, 3.05) is 14.2 Å². The summed E-state index contributed by atoms with van der Waals surface area (Å²) < 4.78 is 10.5. The fraction of sp³-hybridized carbons (Fsp3) is 0.214. The molecular weight excluding hydrogens is 282 g/mol. The Hall–Kier alpha value is -1.07. The second-order valence-corrected chi connectivity index (χ2v) is 5.30. The molecule has 3 nitrogen and oxygen atoms in total. The van der Waals surface area contributed by atoms with Gasteiger partial charge >= 0.3 is 0 Å². The van der Waals surface area contributed by atoms with E-state index in [2.05, 4.69) is 4.98 Å². The monoisotopic (exact) mass is 295 g/mol. The van der Waals surface area contributed by atoms with Crippen molar-refractivity contribution in [1.82, 2.24) is 4.98 Å². The lowest BCUT2D eigenvalue weighted by Crippen LogP contribution is -2.03. The maximum atomic E-state index is 6.22. The number of hydrogen-bond acceptors (Lipinski definition) is 4. The fourth-order valence-corrected chi connectivity index (χ4v) is 2.75. The Morgan fingerprint density at radius 1 is 1.11 bits per heavy atom. The predicted octanol–water partition coefficient (Wildman–Crippen LogP) is 4.18. The molecule has 0 aliphatic heterocycles. The van der Waals surface area contributed by atoms with Crippen molar-refractivity contribution in [3.8, 4) is 0 Å². The van der Waals surface area contributed by atoms with Crippen LogP contribution in [0.3, 0.4) is 0 Å². The van der Waals surface area contributed by atoms with Crippen LogP contribution in [0.25, 0.3) is 0 Å². The molecule has 1 aromatic carbocycles. The molecule has 0 saturated carbocycles. The van der Waals surface area contributed by atoms with E-state index in [9.17, 15) is 0 Å². The minimum Gasteiger partial charge on any atom is -0.352 e. The molecule has 100 valence electrons. The number of rotatable bonds is 5. The Morgan fingerprint density at radius 3 is 2.42 bits per heavy atom. The highest BCUT2D eigenvalue weighted by atomic mass is 35.5. The molecule has 19 heavy (non-hydrogen) atoms. The van der Waals surface area contributed by atoms with Gasteiger partial charge in [-0.25, -0.2) is 0 Å². The first-order valence-corrected chi connectivity index (χ1v) is 6.87. The number of hydrogen-bond donors (Lipinski definition) is 0. The summed E-state index contributed by atoms with van der Waals surface area (Å²) in [5, 5.41) is 0.705. The van der Waals surface area contributed by atoms with E-state index in [0.29, 0.717) is 5.02 Å². The van der Waals surface area contributed by atoms with E-state index in [0.717, 1.165) is 15.4 Å². The van der Waals surface area contributed by atoms with Gasteiger partial charge in [0.2, 0.25) is 0 Å². The van der Waals surface area contributed by atoms with Crippen LogP contribution in [-0.2, 0) is 9.47 Å². The lowest BCUT2D eigenvalue weighted by Gasteiger charge is -2.15. The van der Waals surface area contributed by atoms with Crippen LogP contribution in [0.2, 0.25) is 5.02 Å². The molecular formula is C14H14ClNO2S. The van der Waals surface area contributed by atoms with Crippen molar-refractivity contribution in [3.63, 3.8) is 0 Å². The van der Waals surface area contributed by atoms with Gasteiger partial charge in [0, 0.05) is 42.0 Å². The summed E-state index contributed by atoms with van der Waals surface area (Å²) in [6.07, 6.45) is 3.13. The molecule has 0 spiro atoms. The van der Waals surface area contributed by atoms with Crippen LogP contribution < -0.4 is 0 Å². The highest BCUT2D eigenvalue weighted by Gasteiger charge is 2.12. The van der Waals surface area contributed by atoms with E-state index in [1.165, 1.54) is 0 Å². The zero-order chi connectivity index (χ0) is 13.7. The van der Waals surface area contributed by atoms with Crippen molar-refractivity contribution in [2.45, 2.75) is 16.1 Å². The number of methoxy groups -OCH3 is 2. The standard InChI is InChI=1S/C14H14ClNO2S/c1-17-14(18-2)10-3-4-12(15)13(9-10)19-11-5-7-16-8-6-11/h3-9,14H,1-2H3. The number of pyridine rings is 1. The van der Waals surface area contributed by atoms with Crippen LogP contribution in [0.4, 0.5) is 0 Å². The second kappa shape index (κ2) is 6.91. The second-order valence-electron chi connectivity index (χ2n) is 3.78. The Morgan fingerprint density at radius 2 is 1.79 bits per heavy atom. The van der Waals surface area contributed by atoms with Crippen LogP contribution in [0.15, 0.2) is 52.5 Å². The number of ether oxygens (including phenoxy) is 2. The largest absolute Gasteiger partial charge is 0.352 e. The molecule has 0 unspecified atom stereocenters. The lowest BCUT2D eigenvalue weighted by atomic mass is 10.2. The molecule has 0 aliphatic rings. The quantitative estimate of drug-likeness (QED) is 0.775. The molecule has 2 rings (SSSR count). The Kier molecular flexibility index (Phi) is 5.22. The molecule has 0 atom stereocenters. The van der Waals surface area contributed by atoms with E-state index in [1.807, 2.05) is 30.3 Å². The van der Waals surface area contributed by atoms with Gasteiger partial charge in [0.25, 0.3) is 0 Å². The van der Waals surface area contributed by atoms with Crippen LogP contribution in [-0.4, -0.2) is 19.2 Å². The van der Waals surface area contributed by atoms with Crippen molar-refractivity contribution in [3.05, 3.63) is 53.3 Å². The first-order valence-electron chi connectivity index (χ1n) is 5.67. The minimum atomic E-state index is -0.381. The maximum Gasteiger partial charge on any atom is 0.183 e. The summed E-state index contributed by atoms with van der Waals surface area (Å²) in [5.74, 6) is 0. The third-order valence-electron chi connectivity index (χ3n) is 2.53. The molecule has 0 saturated heterocycles. The van der Waals surface area contributed by atoms with Gasteiger partial charge in [-0.3, -0.25) is 4.98 Å². The normalized spacial score (nSPS) is 10.9. The minimum absolute atomic E-state index is 0.381. The number of halogens is 1.